The molecule has 0 bridgehead atoms. The SMILES string of the molecule is COc1ccc(/C(O)=C2/C(=O)C(=O)N(c3ccc(OC(F)(F)F)cc3)C2c2ccc(O)cc2)c(C)c1. The van der Waals surface area contributed by atoms with Crippen molar-refractivity contribution in [3.8, 4) is 17.2 Å². The number of nitrogens with zero attached hydrogens (tertiary/aromatic N) is 1. The summed E-state index contributed by atoms with van der Waals surface area (Å²) in [5.41, 5.74) is 1.16. The molecule has 1 atom stereocenters. The number of Topliss-reactive ketones (excluding diaryl/α,β-unsaturated/α-hetero) is 1. The lowest BCUT2D eigenvalue weighted by Gasteiger charge is -2.26. The monoisotopic (exact) mass is 499 g/mol. The van der Waals surface area contributed by atoms with E-state index in [0.29, 0.717) is 22.4 Å². The average molecular weight is 499 g/mol. The second-order valence-corrected chi connectivity index (χ2v) is 7.98. The number of benzene rings is 3. The molecule has 0 radical (unpaired) electrons. The molecule has 36 heavy (non-hydrogen) atoms. The van der Waals surface area contributed by atoms with Gasteiger partial charge in [-0.05, 0) is 72.6 Å². The summed E-state index contributed by atoms with van der Waals surface area (Å²) in [7, 11) is 1.48. The number of methoxy groups -OCH3 is 1. The van der Waals surface area contributed by atoms with Gasteiger partial charge in [0.25, 0.3) is 11.7 Å². The number of halogens is 3. The van der Waals surface area contributed by atoms with Crippen LogP contribution in [0.2, 0.25) is 0 Å². The molecule has 1 unspecified atom stereocenters. The minimum Gasteiger partial charge on any atom is -0.508 e. The van der Waals surface area contributed by atoms with E-state index in [1.807, 2.05) is 0 Å². The highest BCUT2D eigenvalue weighted by molar-refractivity contribution is 6.51. The van der Waals surface area contributed by atoms with Gasteiger partial charge in [0.05, 0.1) is 18.7 Å². The number of rotatable bonds is 5. The second kappa shape index (κ2) is 9.29. The Bertz CT molecular complexity index is 1350. The highest BCUT2D eigenvalue weighted by Crippen LogP contribution is 2.43. The summed E-state index contributed by atoms with van der Waals surface area (Å²) in [6.45, 7) is 1.70. The van der Waals surface area contributed by atoms with Crippen molar-refractivity contribution in [3.63, 3.8) is 0 Å². The Morgan fingerprint density at radius 3 is 2.11 bits per heavy atom. The van der Waals surface area contributed by atoms with Gasteiger partial charge < -0.3 is 19.7 Å². The summed E-state index contributed by atoms with van der Waals surface area (Å²) in [5, 5.41) is 20.9. The zero-order valence-electron chi connectivity index (χ0n) is 19.0. The fourth-order valence-electron chi connectivity index (χ4n) is 4.05. The molecular formula is C26H20F3NO6. The topological polar surface area (TPSA) is 96.3 Å². The molecule has 1 fully saturated rings. The first-order valence-corrected chi connectivity index (χ1v) is 10.6. The van der Waals surface area contributed by atoms with E-state index >= 15 is 0 Å². The number of ether oxygens (including phenoxy) is 2. The van der Waals surface area contributed by atoms with Crippen LogP contribution < -0.4 is 14.4 Å². The first kappa shape index (κ1) is 24.6. The van der Waals surface area contributed by atoms with E-state index < -0.39 is 35.6 Å². The number of alkyl halides is 3. The van der Waals surface area contributed by atoms with Gasteiger partial charge in [-0.2, -0.15) is 0 Å². The summed E-state index contributed by atoms with van der Waals surface area (Å²) in [4.78, 5) is 27.4. The van der Waals surface area contributed by atoms with Crippen molar-refractivity contribution in [2.75, 3.05) is 12.0 Å². The zero-order valence-corrected chi connectivity index (χ0v) is 19.0. The number of hydrogen-bond acceptors (Lipinski definition) is 6. The van der Waals surface area contributed by atoms with Crippen LogP contribution in [0.15, 0.2) is 72.3 Å². The molecule has 0 spiro atoms. The highest BCUT2D eigenvalue weighted by atomic mass is 19.4. The maximum atomic E-state index is 13.2. The van der Waals surface area contributed by atoms with Crippen molar-refractivity contribution in [2.45, 2.75) is 19.3 Å². The lowest BCUT2D eigenvalue weighted by Crippen LogP contribution is -2.29. The average Bonchev–Trinajstić information content (AvgIpc) is 3.09. The quantitative estimate of drug-likeness (QED) is 0.283. The Balaban J connectivity index is 1.86. The summed E-state index contributed by atoms with van der Waals surface area (Å²) in [5.74, 6) is -2.42. The number of carbonyl (C=O) groups excluding carboxylic acids is 2. The Hall–Kier alpha value is -4.47. The summed E-state index contributed by atoms with van der Waals surface area (Å²) in [6.07, 6.45) is -4.90. The van der Waals surface area contributed by atoms with Crippen LogP contribution in [0.5, 0.6) is 17.2 Å². The molecule has 1 aliphatic heterocycles. The van der Waals surface area contributed by atoms with Crippen LogP contribution in [-0.4, -0.2) is 35.4 Å². The Labute approximate surface area is 203 Å². The van der Waals surface area contributed by atoms with E-state index in [9.17, 15) is 33.0 Å². The fourth-order valence-corrected chi connectivity index (χ4v) is 4.05. The van der Waals surface area contributed by atoms with Crippen molar-refractivity contribution in [1.29, 1.82) is 0 Å². The first-order chi connectivity index (χ1) is 17.0. The molecule has 7 nitrogen and oxygen atoms in total. The molecule has 1 amide bonds. The van der Waals surface area contributed by atoms with Gasteiger partial charge in [0, 0.05) is 11.3 Å². The molecule has 4 rings (SSSR count). The Kier molecular flexibility index (Phi) is 6.36. The number of amides is 1. The van der Waals surface area contributed by atoms with Gasteiger partial charge in [-0.1, -0.05) is 12.1 Å². The van der Waals surface area contributed by atoms with Gasteiger partial charge >= 0.3 is 6.36 Å². The summed E-state index contributed by atoms with van der Waals surface area (Å²) in [6, 6.07) is 13.8. The van der Waals surface area contributed by atoms with Gasteiger partial charge in [-0.15, -0.1) is 13.2 Å². The zero-order chi connectivity index (χ0) is 26.2. The Morgan fingerprint density at radius 1 is 0.944 bits per heavy atom. The lowest BCUT2D eigenvalue weighted by atomic mass is 9.93. The van der Waals surface area contributed by atoms with Crippen LogP contribution in [0.25, 0.3) is 5.76 Å². The maximum Gasteiger partial charge on any atom is 0.573 e. The molecule has 1 saturated heterocycles. The van der Waals surface area contributed by atoms with Crippen LogP contribution in [0.4, 0.5) is 18.9 Å². The number of ketones is 1. The molecule has 186 valence electrons. The van der Waals surface area contributed by atoms with Gasteiger partial charge in [-0.3, -0.25) is 14.5 Å². The third-order valence-electron chi connectivity index (χ3n) is 5.69. The van der Waals surface area contributed by atoms with E-state index in [0.717, 1.165) is 17.0 Å². The van der Waals surface area contributed by atoms with Crippen molar-refractivity contribution >= 4 is 23.1 Å². The number of phenols is 1. The minimum absolute atomic E-state index is 0.0599. The number of hydrogen-bond donors (Lipinski definition) is 2. The largest absolute Gasteiger partial charge is 0.573 e. The normalized spacial score (nSPS) is 17.4. The third kappa shape index (κ3) is 4.70. The van der Waals surface area contributed by atoms with E-state index in [-0.39, 0.29) is 17.0 Å². The van der Waals surface area contributed by atoms with E-state index in [4.69, 9.17) is 4.74 Å². The van der Waals surface area contributed by atoms with Crippen LogP contribution in [0.1, 0.15) is 22.7 Å². The molecule has 0 aromatic heterocycles. The Morgan fingerprint density at radius 2 is 1.56 bits per heavy atom. The highest BCUT2D eigenvalue weighted by Gasteiger charge is 2.47. The minimum atomic E-state index is -4.90. The van der Waals surface area contributed by atoms with Crippen molar-refractivity contribution in [1.82, 2.24) is 0 Å². The summed E-state index contributed by atoms with van der Waals surface area (Å²) >= 11 is 0. The number of phenolic OH excluding ortho intramolecular Hbond substituents is 1. The molecular weight excluding hydrogens is 479 g/mol. The number of carbonyl (C=O) groups is 2. The predicted molar refractivity (Wildman–Crippen MR) is 124 cm³/mol. The van der Waals surface area contributed by atoms with Crippen molar-refractivity contribution in [3.05, 3.63) is 89.0 Å². The number of aliphatic hydroxyl groups is 1. The standard InChI is InChI=1S/C26H20F3NO6/c1-14-13-19(35-2)11-12-20(14)23(32)21-22(15-3-7-17(31)8-4-15)30(25(34)24(21)33)16-5-9-18(10-6-16)36-26(27,28)29/h3-13,22,31-32H,1-2H3/b23-21-. The third-order valence-corrected chi connectivity index (χ3v) is 5.69. The van der Waals surface area contributed by atoms with Crippen LogP contribution in [0.3, 0.4) is 0 Å². The first-order valence-electron chi connectivity index (χ1n) is 10.6. The van der Waals surface area contributed by atoms with Crippen LogP contribution in [0, 0.1) is 6.92 Å². The van der Waals surface area contributed by atoms with Crippen molar-refractivity contribution in [2.24, 2.45) is 0 Å². The molecule has 3 aromatic rings. The van der Waals surface area contributed by atoms with Crippen molar-refractivity contribution < 1.29 is 42.4 Å². The number of aliphatic hydroxyl groups excluding tert-OH is 1. The molecule has 1 aliphatic rings. The second-order valence-electron chi connectivity index (χ2n) is 7.98. The fraction of sp³-hybridized carbons (Fsp3) is 0.154. The van der Waals surface area contributed by atoms with Gasteiger partial charge in [0.2, 0.25) is 0 Å². The van der Waals surface area contributed by atoms with Gasteiger partial charge in [0.1, 0.15) is 23.0 Å². The molecule has 1 heterocycles. The predicted octanol–water partition coefficient (Wildman–Crippen LogP) is 5.23. The summed E-state index contributed by atoms with van der Waals surface area (Å²) < 4.78 is 46.7. The van der Waals surface area contributed by atoms with Gasteiger partial charge in [0.15, 0.2) is 0 Å². The number of aromatic hydroxyl groups is 1. The molecule has 0 aliphatic carbocycles. The van der Waals surface area contributed by atoms with Crippen LogP contribution in [-0.2, 0) is 9.59 Å². The molecule has 0 saturated carbocycles. The molecule has 2 N–H and O–H groups in total. The van der Waals surface area contributed by atoms with E-state index in [1.165, 1.54) is 43.5 Å². The van der Waals surface area contributed by atoms with Gasteiger partial charge in [-0.25, -0.2) is 0 Å². The van der Waals surface area contributed by atoms with E-state index in [2.05, 4.69) is 4.74 Å². The lowest BCUT2D eigenvalue weighted by molar-refractivity contribution is -0.274. The molecule has 10 heteroatoms. The molecule has 3 aromatic carbocycles. The number of anilines is 1. The number of aryl methyl sites for hydroxylation is 1. The van der Waals surface area contributed by atoms with E-state index in [1.54, 1.807) is 25.1 Å². The smallest absolute Gasteiger partial charge is 0.508 e. The maximum absolute atomic E-state index is 13.2. The van der Waals surface area contributed by atoms with Crippen LogP contribution >= 0.6 is 0 Å².